The molecular formula is C14H13N3O4. The molecule has 3 rings (SSSR count). The highest BCUT2D eigenvalue weighted by atomic mass is 16.5. The van der Waals surface area contributed by atoms with Gasteiger partial charge in [-0.15, -0.1) is 0 Å². The standard InChI is InChI=1S/C14H13N3O4/c1-6-7-4-9(20-2)10(21-3)5-8(7)11-12(15-6)14(19)17-16-13(11)18/h4-5H,1-3H3,(H,16,18)(H,17,19). The summed E-state index contributed by atoms with van der Waals surface area (Å²) in [6.07, 6.45) is 0. The predicted octanol–water partition coefficient (Wildman–Crippen LogP) is 1.09. The Bertz CT molecular complexity index is 972. The maximum atomic E-state index is 12.1. The monoisotopic (exact) mass is 287 g/mol. The van der Waals surface area contributed by atoms with Crippen LogP contribution in [0.25, 0.3) is 21.7 Å². The van der Waals surface area contributed by atoms with Crippen molar-refractivity contribution in [2.45, 2.75) is 6.92 Å². The van der Waals surface area contributed by atoms with Gasteiger partial charge in [0.05, 0.1) is 19.6 Å². The average Bonchev–Trinajstić information content (AvgIpc) is 2.49. The van der Waals surface area contributed by atoms with E-state index in [-0.39, 0.29) is 10.9 Å². The molecule has 1 aromatic carbocycles. The fourth-order valence-electron chi connectivity index (χ4n) is 2.43. The lowest BCUT2D eigenvalue weighted by Gasteiger charge is -2.11. The van der Waals surface area contributed by atoms with Crippen LogP contribution >= 0.6 is 0 Å². The van der Waals surface area contributed by atoms with E-state index in [1.165, 1.54) is 14.2 Å². The quantitative estimate of drug-likeness (QED) is 0.688. The van der Waals surface area contributed by atoms with E-state index >= 15 is 0 Å². The highest BCUT2D eigenvalue weighted by Crippen LogP contribution is 2.34. The van der Waals surface area contributed by atoms with E-state index in [1.54, 1.807) is 19.1 Å². The van der Waals surface area contributed by atoms with E-state index in [0.29, 0.717) is 22.6 Å². The molecule has 0 fully saturated rings. The van der Waals surface area contributed by atoms with Gasteiger partial charge in [0.25, 0.3) is 11.1 Å². The molecule has 0 saturated carbocycles. The number of aromatic amines is 2. The number of hydrogen-bond acceptors (Lipinski definition) is 5. The Morgan fingerprint density at radius 3 is 2.14 bits per heavy atom. The fourth-order valence-corrected chi connectivity index (χ4v) is 2.43. The van der Waals surface area contributed by atoms with Crippen molar-refractivity contribution in [1.29, 1.82) is 0 Å². The SMILES string of the molecule is COc1cc2c(C)nc3c(=O)[nH][nH]c(=O)c3c2cc1OC. The zero-order valence-electron chi connectivity index (χ0n) is 11.7. The summed E-state index contributed by atoms with van der Waals surface area (Å²) in [6, 6.07) is 3.43. The van der Waals surface area contributed by atoms with Crippen molar-refractivity contribution in [1.82, 2.24) is 15.2 Å². The number of fused-ring (bicyclic) bond motifs is 3. The molecule has 7 nitrogen and oxygen atoms in total. The number of nitrogens with zero attached hydrogens (tertiary/aromatic N) is 1. The van der Waals surface area contributed by atoms with Crippen molar-refractivity contribution in [3.63, 3.8) is 0 Å². The van der Waals surface area contributed by atoms with Crippen LogP contribution in [0.15, 0.2) is 21.7 Å². The number of aryl methyl sites for hydroxylation is 1. The molecule has 3 aromatic rings. The van der Waals surface area contributed by atoms with Crippen LogP contribution in [0.4, 0.5) is 0 Å². The highest BCUT2D eigenvalue weighted by Gasteiger charge is 2.15. The summed E-state index contributed by atoms with van der Waals surface area (Å²) < 4.78 is 10.5. The van der Waals surface area contributed by atoms with E-state index in [9.17, 15) is 9.59 Å². The third kappa shape index (κ3) is 1.85. The number of H-pyrrole nitrogens is 2. The summed E-state index contributed by atoms with van der Waals surface area (Å²) in [6.45, 7) is 1.77. The summed E-state index contributed by atoms with van der Waals surface area (Å²) in [5.74, 6) is 1.02. The second kappa shape index (κ2) is 4.62. The summed E-state index contributed by atoms with van der Waals surface area (Å²) in [5.41, 5.74) is -0.107. The number of benzene rings is 1. The van der Waals surface area contributed by atoms with Crippen molar-refractivity contribution in [3.8, 4) is 11.5 Å². The molecule has 7 heteroatoms. The van der Waals surface area contributed by atoms with Gasteiger partial charge in [-0.05, 0) is 19.1 Å². The van der Waals surface area contributed by atoms with Crippen LogP contribution in [0.5, 0.6) is 11.5 Å². The number of methoxy groups -OCH3 is 2. The number of aromatic nitrogens is 3. The first kappa shape index (κ1) is 13.2. The third-order valence-electron chi connectivity index (χ3n) is 3.43. The zero-order chi connectivity index (χ0) is 15.1. The van der Waals surface area contributed by atoms with Crippen LogP contribution in [0.3, 0.4) is 0 Å². The van der Waals surface area contributed by atoms with E-state index in [1.807, 2.05) is 0 Å². The van der Waals surface area contributed by atoms with Crippen LogP contribution < -0.4 is 20.6 Å². The van der Waals surface area contributed by atoms with Crippen LogP contribution in [0.1, 0.15) is 5.69 Å². The first-order valence-electron chi connectivity index (χ1n) is 6.23. The summed E-state index contributed by atoms with van der Waals surface area (Å²) in [5, 5.41) is 6.16. The van der Waals surface area contributed by atoms with Crippen molar-refractivity contribution in [2.24, 2.45) is 0 Å². The van der Waals surface area contributed by atoms with E-state index in [0.717, 1.165) is 5.39 Å². The molecule has 0 saturated heterocycles. The molecule has 0 aliphatic rings. The maximum absolute atomic E-state index is 12.1. The summed E-state index contributed by atoms with van der Waals surface area (Å²) in [7, 11) is 3.04. The maximum Gasteiger partial charge on any atom is 0.289 e. The van der Waals surface area contributed by atoms with E-state index in [2.05, 4.69) is 15.2 Å². The Balaban J connectivity index is 2.63. The minimum absolute atomic E-state index is 0.107. The van der Waals surface area contributed by atoms with E-state index in [4.69, 9.17) is 9.47 Å². The molecule has 21 heavy (non-hydrogen) atoms. The Labute approximate surface area is 118 Å². The third-order valence-corrected chi connectivity index (χ3v) is 3.43. The minimum atomic E-state index is -0.440. The minimum Gasteiger partial charge on any atom is -0.493 e. The van der Waals surface area contributed by atoms with Gasteiger partial charge < -0.3 is 9.47 Å². The second-order valence-corrected chi connectivity index (χ2v) is 4.58. The molecule has 0 aliphatic heterocycles. The zero-order valence-corrected chi connectivity index (χ0v) is 11.7. The Morgan fingerprint density at radius 1 is 0.952 bits per heavy atom. The highest BCUT2D eigenvalue weighted by molar-refractivity contribution is 6.07. The molecule has 0 spiro atoms. The van der Waals surface area contributed by atoms with Crippen LogP contribution in [0, 0.1) is 6.92 Å². The van der Waals surface area contributed by atoms with Gasteiger partial charge in [-0.25, -0.2) is 4.98 Å². The van der Waals surface area contributed by atoms with Gasteiger partial charge in [0, 0.05) is 16.5 Å². The molecule has 0 unspecified atom stereocenters. The van der Waals surface area contributed by atoms with Gasteiger partial charge in [0.1, 0.15) is 5.52 Å². The van der Waals surface area contributed by atoms with Gasteiger partial charge in [-0.3, -0.25) is 19.8 Å². The lowest BCUT2D eigenvalue weighted by Crippen LogP contribution is -2.20. The largest absolute Gasteiger partial charge is 0.493 e. The summed E-state index contributed by atoms with van der Waals surface area (Å²) in [4.78, 5) is 28.2. The number of ether oxygens (including phenoxy) is 2. The van der Waals surface area contributed by atoms with E-state index < -0.39 is 11.1 Å². The number of rotatable bonds is 2. The topological polar surface area (TPSA) is 97.1 Å². The molecule has 2 aromatic heterocycles. The Hall–Kier alpha value is -2.83. The molecular weight excluding hydrogens is 274 g/mol. The first-order chi connectivity index (χ1) is 10.1. The van der Waals surface area contributed by atoms with Gasteiger partial charge in [0.15, 0.2) is 11.5 Å². The molecule has 0 bridgehead atoms. The smallest absolute Gasteiger partial charge is 0.289 e. The van der Waals surface area contributed by atoms with Crippen LogP contribution in [-0.4, -0.2) is 29.4 Å². The van der Waals surface area contributed by atoms with Gasteiger partial charge in [-0.2, -0.15) is 0 Å². The van der Waals surface area contributed by atoms with Crippen molar-refractivity contribution in [2.75, 3.05) is 14.2 Å². The fraction of sp³-hybridized carbons (Fsp3) is 0.214. The number of nitrogens with one attached hydrogen (secondary N) is 2. The number of pyridine rings is 1. The molecule has 0 radical (unpaired) electrons. The van der Waals surface area contributed by atoms with Crippen LogP contribution in [-0.2, 0) is 0 Å². The lowest BCUT2D eigenvalue weighted by molar-refractivity contribution is 0.356. The normalized spacial score (nSPS) is 11.0. The van der Waals surface area contributed by atoms with Crippen LogP contribution in [0.2, 0.25) is 0 Å². The average molecular weight is 287 g/mol. The molecule has 0 aliphatic carbocycles. The van der Waals surface area contributed by atoms with Gasteiger partial charge >= 0.3 is 0 Å². The molecule has 0 atom stereocenters. The first-order valence-corrected chi connectivity index (χ1v) is 6.23. The Morgan fingerprint density at radius 2 is 1.52 bits per heavy atom. The molecule has 2 N–H and O–H groups in total. The van der Waals surface area contributed by atoms with Gasteiger partial charge in [0.2, 0.25) is 0 Å². The molecule has 2 heterocycles. The molecule has 0 amide bonds. The van der Waals surface area contributed by atoms with Crippen molar-refractivity contribution >= 4 is 21.7 Å². The lowest BCUT2D eigenvalue weighted by atomic mass is 10.0. The van der Waals surface area contributed by atoms with Crippen molar-refractivity contribution < 1.29 is 9.47 Å². The van der Waals surface area contributed by atoms with Crippen molar-refractivity contribution in [3.05, 3.63) is 38.5 Å². The number of hydrogen-bond donors (Lipinski definition) is 2. The predicted molar refractivity (Wildman–Crippen MR) is 78.3 cm³/mol. The molecule has 108 valence electrons. The van der Waals surface area contributed by atoms with Gasteiger partial charge in [-0.1, -0.05) is 0 Å². The summed E-state index contributed by atoms with van der Waals surface area (Å²) >= 11 is 0. The second-order valence-electron chi connectivity index (χ2n) is 4.58. The Kier molecular flexibility index (Phi) is 2.90.